The molecule has 1 atom stereocenters. The Morgan fingerprint density at radius 3 is 2.37 bits per heavy atom. The molecule has 2 aromatic rings. The largest absolute Gasteiger partial charge is 0.486 e. The summed E-state index contributed by atoms with van der Waals surface area (Å²) in [4.78, 5) is 22.6. The van der Waals surface area contributed by atoms with Gasteiger partial charge < -0.3 is 20.1 Å². The first-order chi connectivity index (χ1) is 12.9. The monoisotopic (exact) mass is 371 g/mol. The summed E-state index contributed by atoms with van der Waals surface area (Å²) in [5.74, 6) is 1.50. The molecule has 0 bridgehead atoms. The van der Waals surface area contributed by atoms with Crippen molar-refractivity contribution in [2.24, 2.45) is 5.92 Å². The predicted molar refractivity (Wildman–Crippen MR) is 100 cm³/mol. The third-order valence-corrected chi connectivity index (χ3v) is 4.21. The van der Waals surface area contributed by atoms with Gasteiger partial charge in [0.05, 0.1) is 11.0 Å². The lowest BCUT2D eigenvalue weighted by molar-refractivity contribution is -0.384. The van der Waals surface area contributed by atoms with Crippen LogP contribution in [0.2, 0.25) is 0 Å². The zero-order valence-corrected chi connectivity index (χ0v) is 15.1. The predicted octanol–water partition coefficient (Wildman–Crippen LogP) is 3.88. The van der Waals surface area contributed by atoms with Crippen molar-refractivity contribution < 1.29 is 19.2 Å². The van der Waals surface area contributed by atoms with Crippen LogP contribution in [0.3, 0.4) is 0 Å². The number of anilines is 1. The van der Waals surface area contributed by atoms with Gasteiger partial charge in [0, 0.05) is 17.8 Å². The molecule has 0 aliphatic carbocycles. The maximum atomic E-state index is 12.4. The number of hydrogen-bond acceptors (Lipinski definition) is 5. The minimum Gasteiger partial charge on any atom is -0.486 e. The molecule has 142 valence electrons. The number of carbonyl (C=O) groups excluding carboxylic acids is 1. The summed E-state index contributed by atoms with van der Waals surface area (Å²) in [6.45, 7) is 5.04. The molecule has 0 saturated heterocycles. The Morgan fingerprint density at radius 1 is 1.07 bits per heavy atom. The number of fused-ring (bicyclic) bond motifs is 1. The van der Waals surface area contributed by atoms with Gasteiger partial charge >= 0.3 is 6.03 Å². The van der Waals surface area contributed by atoms with Crippen molar-refractivity contribution in [3.63, 3.8) is 0 Å². The Morgan fingerprint density at radius 2 is 1.74 bits per heavy atom. The van der Waals surface area contributed by atoms with Crippen LogP contribution >= 0.6 is 0 Å². The second-order valence-corrected chi connectivity index (χ2v) is 6.53. The highest BCUT2D eigenvalue weighted by Crippen LogP contribution is 2.34. The number of nitro groups is 1. The lowest BCUT2D eigenvalue weighted by Gasteiger charge is -2.25. The number of nitro benzene ring substituents is 1. The van der Waals surface area contributed by atoms with E-state index in [2.05, 4.69) is 10.6 Å². The van der Waals surface area contributed by atoms with E-state index < -0.39 is 11.0 Å². The number of benzene rings is 2. The summed E-state index contributed by atoms with van der Waals surface area (Å²) in [6.07, 6.45) is 0. The van der Waals surface area contributed by atoms with Gasteiger partial charge in [0.15, 0.2) is 11.5 Å². The van der Waals surface area contributed by atoms with Crippen molar-refractivity contribution in [2.45, 2.75) is 19.9 Å². The number of rotatable bonds is 5. The topological polar surface area (TPSA) is 103 Å². The maximum absolute atomic E-state index is 12.4. The number of ether oxygens (including phenoxy) is 2. The van der Waals surface area contributed by atoms with Crippen LogP contribution in [0.5, 0.6) is 11.5 Å². The van der Waals surface area contributed by atoms with E-state index in [0.29, 0.717) is 30.4 Å². The minimum absolute atomic E-state index is 0.0303. The van der Waals surface area contributed by atoms with Crippen molar-refractivity contribution in [1.82, 2.24) is 5.32 Å². The number of non-ortho nitro benzene ring substituents is 1. The number of nitrogens with zero attached hydrogens (tertiary/aromatic N) is 1. The van der Waals surface area contributed by atoms with Crippen molar-refractivity contribution >= 4 is 17.4 Å². The third-order valence-electron chi connectivity index (χ3n) is 4.21. The van der Waals surface area contributed by atoms with Gasteiger partial charge in [0.1, 0.15) is 13.2 Å². The summed E-state index contributed by atoms with van der Waals surface area (Å²) < 4.78 is 11.1. The summed E-state index contributed by atoms with van der Waals surface area (Å²) in [7, 11) is 0. The molecular weight excluding hydrogens is 350 g/mol. The molecule has 27 heavy (non-hydrogen) atoms. The molecule has 3 rings (SSSR count). The van der Waals surface area contributed by atoms with Crippen LogP contribution in [-0.4, -0.2) is 24.2 Å². The van der Waals surface area contributed by atoms with Gasteiger partial charge in [-0.1, -0.05) is 19.9 Å². The maximum Gasteiger partial charge on any atom is 0.319 e. The lowest BCUT2D eigenvalue weighted by Crippen LogP contribution is -2.35. The molecule has 1 aliphatic rings. The summed E-state index contributed by atoms with van der Waals surface area (Å²) in [5, 5.41) is 16.3. The van der Waals surface area contributed by atoms with E-state index in [1.807, 2.05) is 32.0 Å². The molecule has 2 amide bonds. The summed E-state index contributed by atoms with van der Waals surface area (Å²) in [6, 6.07) is 10.7. The highest BCUT2D eigenvalue weighted by atomic mass is 16.6. The van der Waals surface area contributed by atoms with Gasteiger partial charge in [-0.3, -0.25) is 10.1 Å². The number of hydrogen-bond donors (Lipinski definition) is 2. The van der Waals surface area contributed by atoms with Gasteiger partial charge in [-0.25, -0.2) is 4.79 Å². The number of amides is 2. The van der Waals surface area contributed by atoms with Crippen LogP contribution < -0.4 is 20.1 Å². The molecule has 0 radical (unpaired) electrons. The fraction of sp³-hybridized carbons (Fsp3) is 0.316. The van der Waals surface area contributed by atoms with Crippen molar-refractivity contribution in [2.75, 3.05) is 18.5 Å². The van der Waals surface area contributed by atoms with E-state index in [4.69, 9.17) is 9.47 Å². The van der Waals surface area contributed by atoms with Crippen molar-refractivity contribution in [3.8, 4) is 11.5 Å². The fourth-order valence-corrected chi connectivity index (χ4v) is 2.86. The summed E-state index contributed by atoms with van der Waals surface area (Å²) >= 11 is 0. The van der Waals surface area contributed by atoms with E-state index in [0.717, 1.165) is 5.56 Å². The van der Waals surface area contributed by atoms with Crippen LogP contribution in [0.4, 0.5) is 16.2 Å². The highest BCUT2D eigenvalue weighted by Gasteiger charge is 2.21. The minimum atomic E-state index is -0.486. The molecule has 1 unspecified atom stereocenters. The van der Waals surface area contributed by atoms with Crippen LogP contribution in [0.15, 0.2) is 42.5 Å². The molecule has 2 N–H and O–H groups in total. The SMILES string of the molecule is CC(C)C(NC(=O)Nc1ccc([N+](=O)[O-])cc1)c1ccc2c(c1)OCCO2. The zero-order valence-electron chi connectivity index (χ0n) is 15.1. The Balaban J connectivity index is 1.70. The molecule has 8 nitrogen and oxygen atoms in total. The first-order valence-corrected chi connectivity index (χ1v) is 8.65. The van der Waals surface area contributed by atoms with Gasteiger partial charge in [-0.15, -0.1) is 0 Å². The Hall–Kier alpha value is -3.29. The van der Waals surface area contributed by atoms with Crippen molar-refractivity contribution in [3.05, 3.63) is 58.1 Å². The second kappa shape index (κ2) is 7.94. The number of carbonyl (C=O) groups is 1. The van der Waals surface area contributed by atoms with Gasteiger partial charge in [-0.2, -0.15) is 0 Å². The second-order valence-electron chi connectivity index (χ2n) is 6.53. The third kappa shape index (κ3) is 4.46. The Labute approximate surface area is 156 Å². The quantitative estimate of drug-likeness (QED) is 0.613. The molecular formula is C19H21N3O5. The van der Waals surface area contributed by atoms with Crippen LogP contribution in [-0.2, 0) is 0 Å². The molecule has 1 heterocycles. The van der Waals surface area contributed by atoms with E-state index in [1.165, 1.54) is 24.3 Å². The van der Waals surface area contributed by atoms with E-state index in [9.17, 15) is 14.9 Å². The first kappa shape index (κ1) is 18.5. The normalized spacial score (nSPS) is 13.7. The average Bonchev–Trinajstić information content (AvgIpc) is 2.66. The molecule has 0 spiro atoms. The number of nitrogens with one attached hydrogen (secondary N) is 2. The highest BCUT2D eigenvalue weighted by molar-refractivity contribution is 5.89. The Kier molecular flexibility index (Phi) is 5.44. The molecule has 2 aromatic carbocycles. The van der Waals surface area contributed by atoms with E-state index in [1.54, 1.807) is 0 Å². The average molecular weight is 371 g/mol. The van der Waals surface area contributed by atoms with Crippen LogP contribution in [0, 0.1) is 16.0 Å². The van der Waals surface area contributed by atoms with Crippen LogP contribution in [0.1, 0.15) is 25.5 Å². The summed E-state index contributed by atoms with van der Waals surface area (Å²) in [5.41, 5.74) is 1.35. The standard InChI is InChI=1S/C19H21N3O5/c1-12(2)18(13-3-8-16-17(11-13)27-10-9-26-16)21-19(23)20-14-4-6-15(7-5-14)22(24)25/h3-8,11-12,18H,9-10H2,1-2H3,(H2,20,21,23). The van der Waals surface area contributed by atoms with Crippen molar-refractivity contribution in [1.29, 1.82) is 0 Å². The van der Waals surface area contributed by atoms with Gasteiger partial charge in [0.25, 0.3) is 5.69 Å². The van der Waals surface area contributed by atoms with E-state index >= 15 is 0 Å². The molecule has 1 aliphatic heterocycles. The Bertz CT molecular complexity index is 836. The molecule has 0 fully saturated rings. The smallest absolute Gasteiger partial charge is 0.319 e. The van der Waals surface area contributed by atoms with Gasteiger partial charge in [0.2, 0.25) is 0 Å². The first-order valence-electron chi connectivity index (χ1n) is 8.65. The van der Waals surface area contributed by atoms with Crippen LogP contribution in [0.25, 0.3) is 0 Å². The van der Waals surface area contributed by atoms with E-state index in [-0.39, 0.29) is 17.6 Å². The lowest BCUT2D eigenvalue weighted by atomic mass is 9.95. The molecule has 0 aromatic heterocycles. The zero-order chi connectivity index (χ0) is 19.4. The molecule has 0 saturated carbocycles. The molecule has 8 heteroatoms. The fourth-order valence-electron chi connectivity index (χ4n) is 2.86. The number of urea groups is 1. The van der Waals surface area contributed by atoms with Gasteiger partial charge in [-0.05, 0) is 35.7 Å².